The van der Waals surface area contributed by atoms with Gasteiger partial charge in [0.25, 0.3) is 0 Å². The van der Waals surface area contributed by atoms with Crippen LogP contribution in [0.25, 0.3) is 0 Å². The van der Waals surface area contributed by atoms with E-state index in [1.54, 1.807) is 0 Å². The predicted molar refractivity (Wildman–Crippen MR) is 70.5 cm³/mol. The van der Waals surface area contributed by atoms with E-state index in [-0.39, 0.29) is 5.41 Å². The minimum absolute atomic E-state index is 0.148. The van der Waals surface area contributed by atoms with Gasteiger partial charge in [-0.15, -0.1) is 0 Å². The number of hydrogen-bond donors (Lipinski definition) is 1. The minimum atomic E-state index is -2.83. The third kappa shape index (κ3) is 5.30. The Balaban J connectivity index is 4.42. The first-order valence-corrected chi connectivity index (χ1v) is 8.12. The van der Waals surface area contributed by atoms with Gasteiger partial charge in [-0.1, -0.05) is 20.8 Å². The summed E-state index contributed by atoms with van der Waals surface area (Å²) in [6, 6.07) is 0. The van der Waals surface area contributed by atoms with Crippen molar-refractivity contribution in [2.24, 2.45) is 5.41 Å². The first-order valence-electron chi connectivity index (χ1n) is 6.30. The topological polar surface area (TPSA) is 46.2 Å². The lowest BCUT2D eigenvalue weighted by Crippen LogP contribution is -2.33. The number of sulfone groups is 1. The smallest absolute Gasteiger partial charge is 0.150 e. The molecule has 0 aliphatic heterocycles. The van der Waals surface area contributed by atoms with Crippen LogP contribution in [0.2, 0.25) is 0 Å². The second kappa shape index (κ2) is 7.28. The highest BCUT2D eigenvalue weighted by Crippen LogP contribution is 2.30. The molecular weight excluding hydrogens is 222 g/mol. The third-order valence-electron chi connectivity index (χ3n) is 3.51. The van der Waals surface area contributed by atoms with E-state index in [0.29, 0.717) is 11.5 Å². The van der Waals surface area contributed by atoms with E-state index in [1.165, 1.54) is 0 Å². The van der Waals surface area contributed by atoms with E-state index in [0.717, 1.165) is 32.2 Å². The summed E-state index contributed by atoms with van der Waals surface area (Å²) in [4.78, 5) is 0. The Morgan fingerprint density at radius 2 is 1.62 bits per heavy atom. The van der Waals surface area contributed by atoms with E-state index in [9.17, 15) is 8.42 Å². The minimum Gasteiger partial charge on any atom is -0.319 e. The van der Waals surface area contributed by atoms with E-state index in [2.05, 4.69) is 19.2 Å². The van der Waals surface area contributed by atoms with Crippen molar-refractivity contribution in [1.29, 1.82) is 0 Å². The molecule has 0 bridgehead atoms. The molecule has 0 fully saturated rings. The van der Waals surface area contributed by atoms with Crippen molar-refractivity contribution in [3.8, 4) is 0 Å². The average molecular weight is 249 g/mol. The van der Waals surface area contributed by atoms with Crippen molar-refractivity contribution in [2.75, 3.05) is 25.1 Å². The Labute approximate surface area is 101 Å². The number of hydrogen-bond acceptors (Lipinski definition) is 3. The highest BCUT2D eigenvalue weighted by atomic mass is 32.2. The van der Waals surface area contributed by atoms with Crippen LogP contribution < -0.4 is 5.32 Å². The zero-order valence-electron chi connectivity index (χ0n) is 11.2. The van der Waals surface area contributed by atoms with Gasteiger partial charge >= 0.3 is 0 Å². The zero-order chi connectivity index (χ0) is 12.7. The molecule has 16 heavy (non-hydrogen) atoms. The Kier molecular flexibility index (Phi) is 7.24. The Morgan fingerprint density at radius 1 is 1.06 bits per heavy atom. The van der Waals surface area contributed by atoms with Gasteiger partial charge in [-0.2, -0.15) is 0 Å². The van der Waals surface area contributed by atoms with Crippen molar-refractivity contribution in [2.45, 2.75) is 46.5 Å². The monoisotopic (exact) mass is 249 g/mol. The van der Waals surface area contributed by atoms with Gasteiger partial charge in [0.1, 0.15) is 9.84 Å². The summed E-state index contributed by atoms with van der Waals surface area (Å²) in [5, 5.41) is 3.18. The maximum Gasteiger partial charge on any atom is 0.150 e. The molecule has 0 saturated heterocycles. The molecule has 0 amide bonds. The molecule has 0 aromatic carbocycles. The van der Waals surface area contributed by atoms with Gasteiger partial charge in [0.05, 0.1) is 5.75 Å². The van der Waals surface area contributed by atoms with Crippen LogP contribution in [0, 0.1) is 5.41 Å². The Hall–Kier alpha value is -0.0900. The maximum absolute atomic E-state index is 11.7. The molecule has 4 heteroatoms. The lowest BCUT2D eigenvalue weighted by Gasteiger charge is -2.31. The molecule has 0 aromatic rings. The van der Waals surface area contributed by atoms with Gasteiger partial charge in [-0.05, 0) is 38.1 Å². The molecule has 0 heterocycles. The lowest BCUT2D eigenvalue weighted by molar-refractivity contribution is 0.246. The van der Waals surface area contributed by atoms with Crippen LogP contribution >= 0.6 is 0 Å². The van der Waals surface area contributed by atoms with Crippen LogP contribution in [0.3, 0.4) is 0 Å². The SMILES string of the molecule is CCCS(=O)(=O)CCC(CC)(CC)CNC. The molecule has 98 valence electrons. The van der Waals surface area contributed by atoms with Gasteiger partial charge < -0.3 is 5.32 Å². The first kappa shape index (κ1) is 15.9. The van der Waals surface area contributed by atoms with Crippen molar-refractivity contribution in [3.05, 3.63) is 0 Å². The van der Waals surface area contributed by atoms with Crippen molar-refractivity contribution >= 4 is 9.84 Å². The van der Waals surface area contributed by atoms with Gasteiger partial charge in [0, 0.05) is 12.3 Å². The summed E-state index contributed by atoms with van der Waals surface area (Å²) in [7, 11) is -0.900. The van der Waals surface area contributed by atoms with Crippen LogP contribution in [0.4, 0.5) is 0 Å². The van der Waals surface area contributed by atoms with E-state index in [1.807, 2.05) is 14.0 Å². The van der Waals surface area contributed by atoms with Crippen molar-refractivity contribution in [3.63, 3.8) is 0 Å². The van der Waals surface area contributed by atoms with Gasteiger partial charge in [0.15, 0.2) is 0 Å². The highest BCUT2D eigenvalue weighted by molar-refractivity contribution is 7.91. The summed E-state index contributed by atoms with van der Waals surface area (Å²) in [6.45, 7) is 7.11. The molecule has 0 aromatic heterocycles. The third-order valence-corrected chi connectivity index (χ3v) is 5.37. The fourth-order valence-corrected chi connectivity index (χ4v) is 3.67. The number of nitrogens with one attached hydrogen (secondary N) is 1. The average Bonchev–Trinajstić information content (AvgIpc) is 2.24. The molecule has 0 rings (SSSR count). The van der Waals surface area contributed by atoms with Gasteiger partial charge in [0.2, 0.25) is 0 Å². The second-order valence-electron chi connectivity index (χ2n) is 4.64. The molecule has 0 aliphatic rings. The molecule has 0 spiro atoms. The summed E-state index contributed by atoms with van der Waals surface area (Å²) < 4.78 is 23.4. The van der Waals surface area contributed by atoms with Crippen LogP contribution in [-0.2, 0) is 9.84 Å². The Morgan fingerprint density at radius 3 is 2.00 bits per heavy atom. The van der Waals surface area contributed by atoms with Crippen LogP contribution in [-0.4, -0.2) is 33.5 Å². The molecule has 0 unspecified atom stereocenters. The highest BCUT2D eigenvalue weighted by Gasteiger charge is 2.27. The van der Waals surface area contributed by atoms with Crippen LogP contribution in [0.15, 0.2) is 0 Å². The molecule has 0 radical (unpaired) electrons. The van der Waals surface area contributed by atoms with Gasteiger partial charge in [-0.25, -0.2) is 8.42 Å². The quantitative estimate of drug-likeness (QED) is 0.681. The van der Waals surface area contributed by atoms with Crippen LogP contribution in [0.5, 0.6) is 0 Å². The molecule has 0 atom stereocenters. The molecule has 0 saturated carbocycles. The fraction of sp³-hybridized carbons (Fsp3) is 1.00. The van der Waals surface area contributed by atoms with Crippen LogP contribution in [0.1, 0.15) is 46.5 Å². The molecule has 1 N–H and O–H groups in total. The second-order valence-corrected chi connectivity index (χ2v) is 6.94. The fourth-order valence-electron chi connectivity index (χ4n) is 2.10. The maximum atomic E-state index is 11.7. The standard InChI is InChI=1S/C12H27NO2S/c1-5-9-16(14,15)10-8-12(6-2,7-3)11-13-4/h13H,5-11H2,1-4H3. The van der Waals surface area contributed by atoms with E-state index < -0.39 is 9.84 Å². The first-order chi connectivity index (χ1) is 7.45. The zero-order valence-corrected chi connectivity index (χ0v) is 12.0. The van der Waals surface area contributed by atoms with Crippen molar-refractivity contribution in [1.82, 2.24) is 5.32 Å². The van der Waals surface area contributed by atoms with Crippen molar-refractivity contribution < 1.29 is 8.42 Å². The van der Waals surface area contributed by atoms with Gasteiger partial charge in [-0.3, -0.25) is 0 Å². The Bertz CT molecular complexity index is 269. The number of rotatable bonds is 9. The normalized spacial score (nSPS) is 13.0. The van der Waals surface area contributed by atoms with E-state index in [4.69, 9.17) is 0 Å². The largest absolute Gasteiger partial charge is 0.319 e. The summed E-state index contributed by atoms with van der Waals surface area (Å²) in [5.41, 5.74) is 0.148. The molecule has 3 nitrogen and oxygen atoms in total. The summed E-state index contributed by atoms with van der Waals surface area (Å²) >= 11 is 0. The molecule has 0 aliphatic carbocycles. The van der Waals surface area contributed by atoms with E-state index >= 15 is 0 Å². The summed E-state index contributed by atoms with van der Waals surface area (Å²) in [5.74, 6) is 0.667. The summed E-state index contributed by atoms with van der Waals surface area (Å²) in [6.07, 6.45) is 3.57. The molecular formula is C12H27NO2S. The predicted octanol–water partition coefficient (Wildman–Crippen LogP) is 2.23. The lowest BCUT2D eigenvalue weighted by atomic mass is 9.80.